The van der Waals surface area contributed by atoms with Gasteiger partial charge in [-0.25, -0.2) is 4.39 Å². The fourth-order valence-electron chi connectivity index (χ4n) is 4.00. The number of piperidine rings is 1. The first kappa shape index (κ1) is 23.3. The van der Waals surface area contributed by atoms with Gasteiger partial charge in [0.15, 0.2) is 11.0 Å². The Kier molecular flexibility index (Phi) is 7.65. The standard InChI is InChI=1S/C25H30FN5OS/c1-18(2)16-31-24(21-8-4-5-9-22(21)26)28-29-25(31)33-17-23(32)27-19-10-12-20(13-11-19)30-14-6-3-7-15-30/h4-5,8-13,18H,3,6-7,14-17H2,1-2H3,(H,27,32). The summed E-state index contributed by atoms with van der Waals surface area (Å²) in [4.78, 5) is 15.0. The number of amides is 1. The Morgan fingerprint density at radius 1 is 1.06 bits per heavy atom. The summed E-state index contributed by atoms with van der Waals surface area (Å²) in [5.74, 6) is 0.548. The molecule has 0 bridgehead atoms. The second-order valence-electron chi connectivity index (χ2n) is 8.72. The van der Waals surface area contributed by atoms with Gasteiger partial charge in [-0.1, -0.05) is 37.7 Å². The first-order chi connectivity index (χ1) is 16.0. The van der Waals surface area contributed by atoms with Gasteiger partial charge < -0.3 is 14.8 Å². The molecule has 4 rings (SSSR count). The number of carbonyl (C=O) groups excluding carboxylic acids is 1. The molecule has 1 saturated heterocycles. The van der Waals surface area contributed by atoms with Gasteiger partial charge in [-0.2, -0.15) is 0 Å². The molecule has 3 aromatic rings. The van der Waals surface area contributed by atoms with Crippen molar-refractivity contribution in [2.24, 2.45) is 5.92 Å². The minimum absolute atomic E-state index is 0.114. The van der Waals surface area contributed by atoms with Crippen LogP contribution in [0.25, 0.3) is 11.4 Å². The average molecular weight is 468 g/mol. The highest BCUT2D eigenvalue weighted by Gasteiger charge is 2.19. The highest BCUT2D eigenvalue weighted by Crippen LogP contribution is 2.27. The number of carbonyl (C=O) groups is 1. The predicted molar refractivity (Wildman–Crippen MR) is 132 cm³/mol. The number of nitrogens with zero attached hydrogens (tertiary/aromatic N) is 4. The van der Waals surface area contributed by atoms with Gasteiger partial charge >= 0.3 is 0 Å². The summed E-state index contributed by atoms with van der Waals surface area (Å²) < 4.78 is 16.2. The highest BCUT2D eigenvalue weighted by molar-refractivity contribution is 7.99. The van der Waals surface area contributed by atoms with Crippen LogP contribution in [-0.4, -0.2) is 39.5 Å². The first-order valence-electron chi connectivity index (χ1n) is 11.5. The SMILES string of the molecule is CC(C)Cn1c(SCC(=O)Nc2ccc(N3CCCCC3)cc2)nnc1-c1ccccc1F. The quantitative estimate of drug-likeness (QED) is 0.446. The maximum atomic E-state index is 14.4. The topological polar surface area (TPSA) is 63.1 Å². The molecule has 1 aliphatic rings. The van der Waals surface area contributed by atoms with Gasteiger partial charge in [0.05, 0.1) is 11.3 Å². The average Bonchev–Trinajstić information content (AvgIpc) is 3.20. The summed E-state index contributed by atoms with van der Waals surface area (Å²) in [7, 11) is 0. The molecule has 1 aliphatic heterocycles. The van der Waals surface area contributed by atoms with E-state index in [9.17, 15) is 9.18 Å². The van der Waals surface area contributed by atoms with Crippen molar-refractivity contribution in [1.29, 1.82) is 0 Å². The van der Waals surface area contributed by atoms with Crippen LogP contribution in [0.2, 0.25) is 0 Å². The predicted octanol–water partition coefficient (Wildman–Crippen LogP) is 5.46. The van der Waals surface area contributed by atoms with Crippen LogP contribution in [0.1, 0.15) is 33.1 Å². The van der Waals surface area contributed by atoms with E-state index in [0.29, 0.717) is 29.0 Å². The summed E-state index contributed by atoms with van der Waals surface area (Å²) in [5.41, 5.74) is 2.39. The van der Waals surface area contributed by atoms with E-state index in [1.54, 1.807) is 18.2 Å². The van der Waals surface area contributed by atoms with E-state index < -0.39 is 0 Å². The van der Waals surface area contributed by atoms with Crippen molar-refractivity contribution in [1.82, 2.24) is 14.8 Å². The first-order valence-corrected chi connectivity index (χ1v) is 12.5. The zero-order chi connectivity index (χ0) is 23.2. The van der Waals surface area contributed by atoms with E-state index in [-0.39, 0.29) is 17.5 Å². The number of nitrogens with one attached hydrogen (secondary N) is 1. The van der Waals surface area contributed by atoms with Gasteiger partial charge in [-0.05, 0) is 61.6 Å². The molecule has 33 heavy (non-hydrogen) atoms. The third-order valence-corrected chi connectivity index (χ3v) is 6.55. The molecule has 0 aliphatic carbocycles. The van der Waals surface area contributed by atoms with E-state index in [2.05, 4.69) is 46.4 Å². The third kappa shape index (κ3) is 5.93. The largest absolute Gasteiger partial charge is 0.372 e. The number of hydrogen-bond donors (Lipinski definition) is 1. The van der Waals surface area contributed by atoms with Crippen molar-refractivity contribution < 1.29 is 9.18 Å². The summed E-state index contributed by atoms with van der Waals surface area (Å²) in [6, 6.07) is 14.6. The van der Waals surface area contributed by atoms with E-state index >= 15 is 0 Å². The maximum absolute atomic E-state index is 14.4. The normalized spacial score (nSPS) is 14.0. The van der Waals surface area contributed by atoms with Crippen LogP contribution in [0.15, 0.2) is 53.7 Å². The van der Waals surface area contributed by atoms with Gasteiger partial charge in [0, 0.05) is 31.0 Å². The molecule has 0 atom stereocenters. The Labute approximate surface area is 198 Å². The van der Waals surface area contributed by atoms with Crippen LogP contribution in [0.5, 0.6) is 0 Å². The lowest BCUT2D eigenvalue weighted by atomic mass is 10.1. The molecule has 174 valence electrons. The second kappa shape index (κ2) is 10.8. The number of benzene rings is 2. The minimum Gasteiger partial charge on any atom is -0.372 e. The molecule has 0 radical (unpaired) electrons. The Bertz CT molecular complexity index is 1080. The smallest absolute Gasteiger partial charge is 0.234 e. The van der Waals surface area contributed by atoms with Crippen LogP contribution in [0.4, 0.5) is 15.8 Å². The molecule has 0 spiro atoms. The van der Waals surface area contributed by atoms with Crippen molar-refractivity contribution in [3.63, 3.8) is 0 Å². The van der Waals surface area contributed by atoms with Gasteiger partial charge in [0.2, 0.25) is 5.91 Å². The molecular weight excluding hydrogens is 437 g/mol. The number of halogens is 1. The zero-order valence-corrected chi connectivity index (χ0v) is 19.9. The lowest BCUT2D eigenvalue weighted by Crippen LogP contribution is -2.29. The van der Waals surface area contributed by atoms with Crippen LogP contribution < -0.4 is 10.2 Å². The summed E-state index contributed by atoms with van der Waals surface area (Å²) in [6.45, 7) is 6.99. The molecule has 0 saturated carbocycles. The molecule has 1 fully saturated rings. The summed E-state index contributed by atoms with van der Waals surface area (Å²) in [6.07, 6.45) is 3.76. The number of hydrogen-bond acceptors (Lipinski definition) is 5. The molecule has 2 aromatic carbocycles. The van der Waals surface area contributed by atoms with Crippen molar-refractivity contribution in [3.05, 3.63) is 54.3 Å². The molecule has 0 unspecified atom stereocenters. The second-order valence-corrected chi connectivity index (χ2v) is 9.66. The Morgan fingerprint density at radius 3 is 2.48 bits per heavy atom. The van der Waals surface area contributed by atoms with Gasteiger partial charge in [-0.3, -0.25) is 4.79 Å². The molecule has 1 aromatic heterocycles. The molecular formula is C25H30FN5OS. The van der Waals surface area contributed by atoms with Crippen LogP contribution in [0, 0.1) is 11.7 Å². The van der Waals surface area contributed by atoms with E-state index in [1.807, 2.05) is 16.7 Å². The fraction of sp³-hybridized carbons (Fsp3) is 0.400. The zero-order valence-electron chi connectivity index (χ0n) is 19.1. The Balaban J connectivity index is 1.40. The van der Waals surface area contributed by atoms with Gasteiger partial charge in [-0.15, -0.1) is 10.2 Å². The maximum Gasteiger partial charge on any atom is 0.234 e. The van der Waals surface area contributed by atoms with Gasteiger partial charge in [0.1, 0.15) is 5.82 Å². The highest BCUT2D eigenvalue weighted by atomic mass is 32.2. The van der Waals surface area contributed by atoms with E-state index in [1.165, 1.54) is 42.8 Å². The third-order valence-electron chi connectivity index (χ3n) is 5.58. The minimum atomic E-state index is -0.336. The molecule has 1 N–H and O–H groups in total. The lowest BCUT2D eigenvalue weighted by Gasteiger charge is -2.28. The number of rotatable bonds is 8. The molecule has 8 heteroatoms. The van der Waals surface area contributed by atoms with Crippen LogP contribution in [-0.2, 0) is 11.3 Å². The van der Waals surface area contributed by atoms with E-state index in [4.69, 9.17) is 0 Å². The molecule has 2 heterocycles. The van der Waals surface area contributed by atoms with E-state index in [0.717, 1.165) is 18.8 Å². The number of aromatic nitrogens is 3. The van der Waals surface area contributed by atoms with Crippen LogP contribution in [0.3, 0.4) is 0 Å². The lowest BCUT2D eigenvalue weighted by molar-refractivity contribution is -0.113. The summed E-state index contributed by atoms with van der Waals surface area (Å²) >= 11 is 1.31. The number of thioether (sulfide) groups is 1. The van der Waals surface area contributed by atoms with Crippen LogP contribution >= 0.6 is 11.8 Å². The number of anilines is 2. The molecule has 6 nitrogen and oxygen atoms in total. The summed E-state index contributed by atoms with van der Waals surface area (Å²) in [5, 5.41) is 12.0. The van der Waals surface area contributed by atoms with Crippen molar-refractivity contribution in [2.75, 3.05) is 29.1 Å². The van der Waals surface area contributed by atoms with Crippen molar-refractivity contribution in [2.45, 2.75) is 44.8 Å². The van der Waals surface area contributed by atoms with Crippen molar-refractivity contribution >= 4 is 29.0 Å². The molecule has 1 amide bonds. The fourth-order valence-corrected chi connectivity index (χ4v) is 4.75. The Hall–Kier alpha value is -2.87. The monoisotopic (exact) mass is 467 g/mol. The van der Waals surface area contributed by atoms with Gasteiger partial charge in [0.25, 0.3) is 0 Å². The Morgan fingerprint density at radius 2 is 1.79 bits per heavy atom. The van der Waals surface area contributed by atoms with Crippen molar-refractivity contribution in [3.8, 4) is 11.4 Å².